The fraction of sp³-hybridized carbons (Fsp3) is 0.226. The molecule has 1 fully saturated rings. The number of carbonyl (C=O) groups is 3. The Kier molecular flexibility index (Phi) is 9.14. The Hall–Kier alpha value is -5.18. The number of nitrogens with one attached hydrogen (secondary N) is 1. The first-order chi connectivity index (χ1) is 21.8. The number of benzene rings is 3. The summed E-state index contributed by atoms with van der Waals surface area (Å²) in [6.07, 6.45) is -3.55. The highest BCUT2D eigenvalue weighted by Crippen LogP contribution is 2.34. The first-order valence-electron chi connectivity index (χ1n) is 13.9. The van der Waals surface area contributed by atoms with E-state index in [0.29, 0.717) is 22.7 Å². The molecular formula is C31H28F3N7O4S. The number of amides is 4. The summed E-state index contributed by atoms with van der Waals surface area (Å²) in [4.78, 5) is 49.7. The molecule has 0 aliphatic carbocycles. The van der Waals surface area contributed by atoms with Gasteiger partial charge >= 0.3 is 12.4 Å². The van der Waals surface area contributed by atoms with Crippen LogP contribution in [0.4, 0.5) is 35.0 Å². The molecule has 1 aliphatic rings. The van der Waals surface area contributed by atoms with Gasteiger partial charge in [0.15, 0.2) is 5.17 Å². The van der Waals surface area contributed by atoms with E-state index in [1.54, 1.807) is 24.3 Å². The highest BCUT2D eigenvalue weighted by atomic mass is 32.2. The van der Waals surface area contributed by atoms with E-state index in [1.165, 1.54) is 51.8 Å². The topological polar surface area (TPSA) is 122 Å². The van der Waals surface area contributed by atoms with Crippen molar-refractivity contribution in [3.63, 3.8) is 0 Å². The van der Waals surface area contributed by atoms with Gasteiger partial charge in [0.25, 0.3) is 5.91 Å². The minimum absolute atomic E-state index is 0.145. The lowest BCUT2D eigenvalue weighted by molar-refractivity contribution is -0.274. The Bertz CT molecular complexity index is 1810. The van der Waals surface area contributed by atoms with Crippen molar-refractivity contribution in [2.45, 2.75) is 33.1 Å². The third-order valence-electron chi connectivity index (χ3n) is 6.84. The smallest absolute Gasteiger partial charge is 0.406 e. The Morgan fingerprint density at radius 2 is 1.76 bits per heavy atom. The second-order valence-electron chi connectivity index (χ2n) is 10.5. The molecule has 0 atom stereocenters. The summed E-state index contributed by atoms with van der Waals surface area (Å²) in [5.74, 6) is -0.914. The standard InChI is InChI=1S/C31H28F3N7O4S/c1-18(2)24-14-5-19(3)15-25(24)41-26(42)16-46-30(41)37-29(44)36-20-6-8-21(9-7-20)39(4)28(43)27-35-17-40(38-27)22-10-12-23(13-11-22)45-31(32,33)34/h5-15,17-18H,16H2,1-4H3,(H,36,44)/b37-30-. The van der Waals surface area contributed by atoms with E-state index in [2.05, 4.69) is 25.1 Å². The number of amidine groups is 1. The number of alkyl halides is 3. The van der Waals surface area contributed by atoms with Crippen molar-refractivity contribution in [2.24, 2.45) is 4.99 Å². The number of ether oxygens (including phenoxy) is 1. The maximum atomic E-state index is 13.0. The summed E-state index contributed by atoms with van der Waals surface area (Å²) in [6.45, 7) is 6.00. The molecule has 15 heteroatoms. The van der Waals surface area contributed by atoms with Gasteiger partial charge in [-0.1, -0.05) is 37.7 Å². The van der Waals surface area contributed by atoms with Gasteiger partial charge in [-0.2, -0.15) is 4.99 Å². The molecule has 1 aromatic heterocycles. The highest BCUT2D eigenvalue weighted by molar-refractivity contribution is 8.15. The van der Waals surface area contributed by atoms with Crippen molar-refractivity contribution >= 4 is 51.8 Å². The first-order valence-corrected chi connectivity index (χ1v) is 14.9. The molecule has 238 valence electrons. The molecule has 2 heterocycles. The van der Waals surface area contributed by atoms with Crippen LogP contribution in [0, 0.1) is 6.92 Å². The maximum absolute atomic E-state index is 13.0. The number of anilines is 3. The lowest BCUT2D eigenvalue weighted by atomic mass is 9.99. The van der Waals surface area contributed by atoms with E-state index < -0.39 is 24.1 Å². The summed E-state index contributed by atoms with van der Waals surface area (Å²) in [5.41, 5.74) is 3.92. The molecule has 5 rings (SSSR count). The fourth-order valence-electron chi connectivity index (χ4n) is 4.58. The normalized spacial score (nSPS) is 14.2. The average Bonchev–Trinajstić information content (AvgIpc) is 3.63. The summed E-state index contributed by atoms with van der Waals surface area (Å²) >= 11 is 1.19. The van der Waals surface area contributed by atoms with Gasteiger partial charge in [0.05, 0.1) is 17.1 Å². The zero-order valence-corrected chi connectivity index (χ0v) is 25.9. The summed E-state index contributed by atoms with van der Waals surface area (Å²) in [7, 11) is 1.52. The van der Waals surface area contributed by atoms with Gasteiger partial charge in [-0.25, -0.2) is 14.5 Å². The number of carbonyl (C=O) groups excluding carboxylic acids is 3. The van der Waals surface area contributed by atoms with Crippen LogP contribution in [-0.4, -0.2) is 56.9 Å². The van der Waals surface area contributed by atoms with E-state index in [4.69, 9.17) is 0 Å². The zero-order chi connectivity index (χ0) is 33.2. The highest BCUT2D eigenvalue weighted by Gasteiger charge is 2.33. The molecule has 0 saturated carbocycles. The average molecular weight is 652 g/mol. The molecule has 1 N–H and O–H groups in total. The second-order valence-corrected chi connectivity index (χ2v) is 11.5. The van der Waals surface area contributed by atoms with Crippen LogP contribution in [0.1, 0.15) is 41.5 Å². The number of hydrogen-bond acceptors (Lipinski definition) is 7. The van der Waals surface area contributed by atoms with E-state index in [9.17, 15) is 27.6 Å². The van der Waals surface area contributed by atoms with Gasteiger partial charge < -0.3 is 15.0 Å². The van der Waals surface area contributed by atoms with Crippen LogP contribution in [0.2, 0.25) is 0 Å². The van der Waals surface area contributed by atoms with Gasteiger partial charge in [0.2, 0.25) is 11.7 Å². The monoisotopic (exact) mass is 651 g/mol. The molecule has 11 nitrogen and oxygen atoms in total. The van der Waals surface area contributed by atoms with Gasteiger partial charge in [0, 0.05) is 18.4 Å². The van der Waals surface area contributed by atoms with Gasteiger partial charge in [-0.15, -0.1) is 18.3 Å². The number of nitrogens with zero attached hydrogens (tertiary/aromatic N) is 6. The molecule has 4 aromatic rings. The Labute approximate surface area is 266 Å². The molecule has 0 spiro atoms. The van der Waals surface area contributed by atoms with E-state index in [1.807, 2.05) is 39.0 Å². The van der Waals surface area contributed by atoms with Crippen LogP contribution in [0.25, 0.3) is 5.69 Å². The van der Waals surface area contributed by atoms with Crippen LogP contribution < -0.4 is 19.9 Å². The molecule has 4 amide bonds. The van der Waals surface area contributed by atoms with Crippen LogP contribution in [0.15, 0.2) is 78.0 Å². The lowest BCUT2D eigenvalue weighted by Crippen LogP contribution is -2.31. The summed E-state index contributed by atoms with van der Waals surface area (Å²) < 4.78 is 42.4. The second kappa shape index (κ2) is 13.0. The lowest BCUT2D eigenvalue weighted by Gasteiger charge is -2.22. The van der Waals surface area contributed by atoms with E-state index >= 15 is 0 Å². The van der Waals surface area contributed by atoms with Gasteiger partial charge in [-0.05, 0) is 78.6 Å². The van der Waals surface area contributed by atoms with Gasteiger partial charge in [0.1, 0.15) is 12.1 Å². The molecule has 0 unspecified atom stereocenters. The number of rotatable bonds is 7. The van der Waals surface area contributed by atoms with Crippen LogP contribution in [0.5, 0.6) is 5.75 Å². The Balaban J connectivity index is 1.24. The molecule has 1 saturated heterocycles. The molecule has 0 radical (unpaired) electrons. The Morgan fingerprint density at radius 3 is 2.41 bits per heavy atom. The zero-order valence-electron chi connectivity index (χ0n) is 25.1. The number of aromatic nitrogens is 3. The van der Waals surface area contributed by atoms with Crippen molar-refractivity contribution < 1.29 is 32.3 Å². The van der Waals surface area contributed by atoms with Crippen molar-refractivity contribution in [1.82, 2.24) is 14.8 Å². The van der Waals surface area contributed by atoms with Crippen molar-refractivity contribution in [3.05, 3.63) is 90.0 Å². The maximum Gasteiger partial charge on any atom is 0.573 e. The first kappa shape index (κ1) is 32.2. The summed E-state index contributed by atoms with van der Waals surface area (Å²) in [5, 5.41) is 7.11. The van der Waals surface area contributed by atoms with Crippen molar-refractivity contribution in [3.8, 4) is 11.4 Å². The predicted molar refractivity (Wildman–Crippen MR) is 169 cm³/mol. The third kappa shape index (κ3) is 7.37. The SMILES string of the molecule is Cc1ccc(C(C)C)c(N2C(=O)CS/C2=N\C(=O)Nc2ccc(N(C)C(=O)c3ncn(-c4ccc(OC(F)(F)F)cc4)n3)cc2)c1. The minimum Gasteiger partial charge on any atom is -0.406 e. The van der Waals surface area contributed by atoms with Crippen LogP contribution in [-0.2, 0) is 4.79 Å². The minimum atomic E-state index is -4.81. The largest absolute Gasteiger partial charge is 0.573 e. The molecule has 1 aliphatic heterocycles. The van der Waals surface area contributed by atoms with Crippen molar-refractivity contribution in [2.75, 3.05) is 27.9 Å². The number of thioether (sulfide) groups is 1. The number of urea groups is 1. The third-order valence-corrected chi connectivity index (χ3v) is 7.76. The number of hydrogen-bond donors (Lipinski definition) is 1. The summed E-state index contributed by atoms with van der Waals surface area (Å²) in [6, 6.07) is 16.6. The quantitative estimate of drug-likeness (QED) is 0.241. The van der Waals surface area contributed by atoms with Crippen LogP contribution >= 0.6 is 11.8 Å². The van der Waals surface area contributed by atoms with Crippen LogP contribution in [0.3, 0.4) is 0 Å². The van der Waals surface area contributed by atoms with Crippen molar-refractivity contribution in [1.29, 1.82) is 0 Å². The molecule has 3 aromatic carbocycles. The predicted octanol–water partition coefficient (Wildman–Crippen LogP) is 6.54. The Morgan fingerprint density at radius 1 is 1.07 bits per heavy atom. The number of aliphatic imine (C=N–C) groups is 1. The van der Waals surface area contributed by atoms with Gasteiger partial charge in [-0.3, -0.25) is 14.5 Å². The van der Waals surface area contributed by atoms with E-state index in [-0.39, 0.29) is 28.6 Å². The number of halogens is 3. The molecule has 46 heavy (non-hydrogen) atoms. The van der Waals surface area contributed by atoms with E-state index in [0.717, 1.165) is 23.3 Å². The molecular weight excluding hydrogens is 623 g/mol. The molecule has 0 bridgehead atoms. The fourth-order valence-corrected chi connectivity index (χ4v) is 5.44. The number of aryl methyl sites for hydroxylation is 1.